The molecule has 0 aliphatic carbocycles. The SMILES string of the molecule is O=C(Nc1cccc(N=Cc2cc([N+](=O)[O-])ccc2[O-])c1)c1cccc(Cl)c1. The molecule has 1 amide bonds. The number of hydrogen-bond donors (Lipinski definition) is 1. The molecule has 28 heavy (non-hydrogen) atoms. The first-order valence-electron chi connectivity index (χ1n) is 8.09. The molecule has 0 saturated carbocycles. The van der Waals surface area contributed by atoms with Gasteiger partial charge in [0.2, 0.25) is 0 Å². The third-order valence-electron chi connectivity index (χ3n) is 3.75. The number of rotatable bonds is 5. The molecule has 0 aromatic heterocycles. The number of carbonyl (C=O) groups is 1. The van der Waals surface area contributed by atoms with Crippen molar-refractivity contribution in [1.29, 1.82) is 0 Å². The van der Waals surface area contributed by atoms with Crippen LogP contribution in [0.4, 0.5) is 17.1 Å². The molecule has 3 rings (SSSR count). The van der Waals surface area contributed by atoms with Crippen LogP contribution in [0.3, 0.4) is 0 Å². The number of halogens is 1. The lowest BCUT2D eigenvalue weighted by atomic mass is 10.2. The lowest BCUT2D eigenvalue weighted by molar-refractivity contribution is -0.385. The van der Waals surface area contributed by atoms with E-state index in [0.717, 1.165) is 18.2 Å². The second-order valence-corrected chi connectivity index (χ2v) is 6.19. The van der Waals surface area contributed by atoms with Crippen LogP contribution in [0.2, 0.25) is 5.02 Å². The highest BCUT2D eigenvalue weighted by Crippen LogP contribution is 2.22. The second-order valence-electron chi connectivity index (χ2n) is 5.75. The van der Waals surface area contributed by atoms with E-state index in [1.807, 2.05) is 0 Å². The van der Waals surface area contributed by atoms with E-state index in [1.165, 1.54) is 6.21 Å². The van der Waals surface area contributed by atoms with Crippen LogP contribution >= 0.6 is 11.6 Å². The fraction of sp³-hybridized carbons (Fsp3) is 0. The van der Waals surface area contributed by atoms with E-state index in [0.29, 0.717) is 22.0 Å². The summed E-state index contributed by atoms with van der Waals surface area (Å²) in [6.07, 6.45) is 1.26. The second kappa shape index (κ2) is 8.32. The van der Waals surface area contributed by atoms with Gasteiger partial charge in [-0.05, 0) is 42.0 Å². The molecule has 1 N–H and O–H groups in total. The summed E-state index contributed by atoms with van der Waals surface area (Å²) in [5, 5.41) is 25.9. The largest absolute Gasteiger partial charge is 0.872 e. The van der Waals surface area contributed by atoms with Gasteiger partial charge >= 0.3 is 0 Å². The molecule has 8 heteroatoms. The van der Waals surface area contributed by atoms with Gasteiger partial charge in [0.05, 0.1) is 10.6 Å². The van der Waals surface area contributed by atoms with Crippen LogP contribution in [0.15, 0.2) is 71.7 Å². The van der Waals surface area contributed by atoms with Crippen LogP contribution in [0, 0.1) is 10.1 Å². The van der Waals surface area contributed by atoms with Gasteiger partial charge in [-0.25, -0.2) is 0 Å². The molecule has 0 aliphatic rings. The van der Waals surface area contributed by atoms with Crippen molar-refractivity contribution in [2.45, 2.75) is 0 Å². The van der Waals surface area contributed by atoms with E-state index in [-0.39, 0.29) is 22.9 Å². The number of nitrogens with one attached hydrogen (secondary N) is 1. The van der Waals surface area contributed by atoms with E-state index < -0.39 is 4.92 Å². The third kappa shape index (κ3) is 4.72. The maximum Gasteiger partial charge on any atom is 0.270 e. The Balaban J connectivity index is 1.78. The van der Waals surface area contributed by atoms with Crippen LogP contribution < -0.4 is 10.4 Å². The van der Waals surface area contributed by atoms with E-state index in [1.54, 1.807) is 48.5 Å². The molecule has 0 unspecified atom stereocenters. The summed E-state index contributed by atoms with van der Waals surface area (Å²) in [6.45, 7) is 0. The Labute approximate surface area is 165 Å². The van der Waals surface area contributed by atoms with Gasteiger partial charge in [-0.3, -0.25) is 19.9 Å². The van der Waals surface area contributed by atoms with Crippen molar-refractivity contribution >= 4 is 40.8 Å². The Morgan fingerprint density at radius 3 is 2.61 bits per heavy atom. The Morgan fingerprint density at radius 2 is 1.86 bits per heavy atom. The summed E-state index contributed by atoms with van der Waals surface area (Å²) in [5.74, 6) is -0.705. The number of nitro benzene ring substituents is 1. The van der Waals surface area contributed by atoms with Crippen LogP contribution in [0.25, 0.3) is 0 Å². The van der Waals surface area contributed by atoms with Crippen LogP contribution in [0.5, 0.6) is 5.75 Å². The van der Waals surface area contributed by atoms with Gasteiger partial charge in [0.25, 0.3) is 11.6 Å². The zero-order valence-corrected chi connectivity index (χ0v) is 15.1. The van der Waals surface area contributed by atoms with Crippen LogP contribution in [-0.4, -0.2) is 17.0 Å². The lowest BCUT2D eigenvalue weighted by Crippen LogP contribution is -2.11. The van der Waals surface area contributed by atoms with Crippen molar-refractivity contribution in [3.05, 3.63) is 93.0 Å². The highest BCUT2D eigenvalue weighted by atomic mass is 35.5. The molecular weight excluding hydrogens is 382 g/mol. The third-order valence-corrected chi connectivity index (χ3v) is 3.98. The highest BCUT2D eigenvalue weighted by molar-refractivity contribution is 6.31. The Kier molecular flexibility index (Phi) is 5.67. The molecule has 0 bridgehead atoms. The molecule has 7 nitrogen and oxygen atoms in total. The van der Waals surface area contributed by atoms with Gasteiger partial charge in [-0.15, -0.1) is 0 Å². The predicted molar refractivity (Wildman–Crippen MR) is 106 cm³/mol. The van der Waals surface area contributed by atoms with Crippen LogP contribution in [0.1, 0.15) is 15.9 Å². The normalized spacial score (nSPS) is 10.8. The first-order chi connectivity index (χ1) is 13.4. The Bertz CT molecular complexity index is 1080. The number of hydrogen-bond acceptors (Lipinski definition) is 5. The van der Waals surface area contributed by atoms with Gasteiger partial charge in [0.1, 0.15) is 0 Å². The minimum atomic E-state index is -0.581. The molecule has 0 atom stereocenters. The van der Waals surface area contributed by atoms with Crippen molar-refractivity contribution in [2.75, 3.05) is 5.32 Å². The molecule has 3 aromatic rings. The van der Waals surface area contributed by atoms with Crippen LogP contribution in [-0.2, 0) is 0 Å². The molecule has 0 fully saturated rings. The number of benzene rings is 3. The topological polar surface area (TPSA) is 108 Å². The molecule has 0 heterocycles. The molecule has 0 radical (unpaired) electrons. The van der Waals surface area contributed by atoms with Crippen molar-refractivity contribution in [3.63, 3.8) is 0 Å². The van der Waals surface area contributed by atoms with Crippen molar-refractivity contribution in [1.82, 2.24) is 0 Å². The van der Waals surface area contributed by atoms with Gasteiger partial charge < -0.3 is 10.4 Å². The monoisotopic (exact) mass is 394 g/mol. The Hall–Kier alpha value is -3.71. The number of anilines is 1. The zero-order valence-electron chi connectivity index (χ0n) is 14.3. The average molecular weight is 395 g/mol. The zero-order chi connectivity index (χ0) is 20.1. The van der Waals surface area contributed by atoms with E-state index in [9.17, 15) is 20.0 Å². The standard InChI is InChI=1S/C20H14ClN3O4/c21-15-4-1-3-13(9-15)20(26)23-17-6-2-5-16(11-17)22-12-14-10-18(24(27)28)7-8-19(14)25/h1-12,25H,(H,23,26)/p-1. The molecule has 3 aromatic carbocycles. The smallest absolute Gasteiger partial charge is 0.270 e. The fourth-order valence-electron chi connectivity index (χ4n) is 2.39. The predicted octanol–water partition coefficient (Wildman–Crippen LogP) is 4.32. The first-order valence-corrected chi connectivity index (χ1v) is 8.47. The summed E-state index contributed by atoms with van der Waals surface area (Å²) in [6, 6.07) is 16.6. The quantitative estimate of drug-likeness (QED) is 0.394. The molecular formula is C20H13ClN3O4-. The number of carbonyl (C=O) groups excluding carboxylic acids is 1. The summed E-state index contributed by atoms with van der Waals surface area (Å²) >= 11 is 5.89. The molecule has 0 saturated heterocycles. The number of aliphatic imine (C=N–C) groups is 1. The summed E-state index contributed by atoms with van der Waals surface area (Å²) in [7, 11) is 0. The summed E-state index contributed by atoms with van der Waals surface area (Å²) in [4.78, 5) is 26.7. The average Bonchev–Trinajstić information content (AvgIpc) is 2.67. The Morgan fingerprint density at radius 1 is 1.07 bits per heavy atom. The first kappa shape index (κ1) is 19.1. The maximum atomic E-state index is 12.3. The highest BCUT2D eigenvalue weighted by Gasteiger charge is 2.07. The molecule has 140 valence electrons. The van der Waals surface area contributed by atoms with Gasteiger partial charge in [-0.2, -0.15) is 0 Å². The minimum Gasteiger partial charge on any atom is -0.872 e. The van der Waals surface area contributed by atoms with Crippen molar-refractivity contribution < 1.29 is 14.8 Å². The van der Waals surface area contributed by atoms with E-state index in [2.05, 4.69) is 10.3 Å². The number of nitro groups is 1. The number of non-ortho nitro benzene ring substituents is 1. The van der Waals surface area contributed by atoms with Crippen molar-refractivity contribution in [3.8, 4) is 5.75 Å². The number of nitrogens with zero attached hydrogens (tertiary/aromatic N) is 2. The minimum absolute atomic E-state index is 0.0996. The fourth-order valence-corrected chi connectivity index (χ4v) is 2.58. The van der Waals surface area contributed by atoms with Gasteiger partial charge in [-0.1, -0.05) is 35.5 Å². The molecule has 0 spiro atoms. The number of amides is 1. The maximum absolute atomic E-state index is 12.3. The summed E-state index contributed by atoms with van der Waals surface area (Å²) in [5.41, 5.74) is 1.29. The van der Waals surface area contributed by atoms with Gasteiger partial charge in [0.15, 0.2) is 0 Å². The summed E-state index contributed by atoms with van der Waals surface area (Å²) < 4.78 is 0. The lowest BCUT2D eigenvalue weighted by Gasteiger charge is -2.09. The molecule has 0 aliphatic heterocycles. The van der Waals surface area contributed by atoms with E-state index in [4.69, 9.17) is 11.6 Å². The van der Waals surface area contributed by atoms with Crippen molar-refractivity contribution in [2.24, 2.45) is 4.99 Å². The van der Waals surface area contributed by atoms with Gasteiger partial charge in [0, 0.05) is 34.6 Å². The van der Waals surface area contributed by atoms with E-state index >= 15 is 0 Å².